The topological polar surface area (TPSA) is 45.0 Å². The molecule has 4 heteroatoms. The first kappa shape index (κ1) is 15.0. The van der Waals surface area contributed by atoms with Crippen LogP contribution in [-0.4, -0.2) is 6.54 Å². The molecule has 2 aromatic rings. The Morgan fingerprint density at radius 1 is 1.19 bits per heavy atom. The van der Waals surface area contributed by atoms with Crippen LogP contribution >= 0.6 is 0 Å². The predicted octanol–water partition coefficient (Wildman–Crippen LogP) is 3.39. The molecule has 0 amide bonds. The summed E-state index contributed by atoms with van der Waals surface area (Å²) in [6, 6.07) is 13.8. The summed E-state index contributed by atoms with van der Waals surface area (Å²) < 4.78 is 19.1. The molecule has 0 heterocycles. The van der Waals surface area contributed by atoms with Gasteiger partial charge in [0.15, 0.2) is 0 Å². The molecule has 21 heavy (non-hydrogen) atoms. The van der Waals surface area contributed by atoms with Crippen molar-refractivity contribution in [2.24, 2.45) is 0 Å². The van der Waals surface area contributed by atoms with Crippen molar-refractivity contribution in [2.45, 2.75) is 20.1 Å². The molecule has 1 N–H and O–H groups in total. The van der Waals surface area contributed by atoms with Crippen LogP contribution in [0.2, 0.25) is 0 Å². The summed E-state index contributed by atoms with van der Waals surface area (Å²) in [6.07, 6.45) is 0. The van der Waals surface area contributed by atoms with Crippen molar-refractivity contribution in [3.63, 3.8) is 0 Å². The molecule has 2 rings (SSSR count). The van der Waals surface area contributed by atoms with Crippen LogP contribution in [0.1, 0.15) is 23.6 Å². The van der Waals surface area contributed by atoms with Gasteiger partial charge in [-0.15, -0.1) is 0 Å². The van der Waals surface area contributed by atoms with Gasteiger partial charge in [0.1, 0.15) is 18.2 Å². The van der Waals surface area contributed by atoms with Crippen molar-refractivity contribution in [3.05, 3.63) is 65.0 Å². The first-order valence-corrected chi connectivity index (χ1v) is 6.84. The molecule has 0 spiro atoms. The molecule has 0 aliphatic carbocycles. The molecule has 0 bridgehead atoms. The summed E-state index contributed by atoms with van der Waals surface area (Å²) in [6.45, 7) is 3.76. The number of rotatable bonds is 6. The fourth-order valence-electron chi connectivity index (χ4n) is 1.92. The number of ether oxygens (including phenoxy) is 1. The van der Waals surface area contributed by atoms with Crippen molar-refractivity contribution < 1.29 is 9.13 Å². The normalized spacial score (nSPS) is 10.1. The molecular weight excluding hydrogens is 267 g/mol. The number of nitrogens with zero attached hydrogens (tertiary/aromatic N) is 1. The summed E-state index contributed by atoms with van der Waals surface area (Å²) in [5.41, 5.74) is 2.38. The van der Waals surface area contributed by atoms with Crippen molar-refractivity contribution in [2.75, 3.05) is 6.54 Å². The van der Waals surface area contributed by atoms with E-state index in [1.165, 1.54) is 12.1 Å². The summed E-state index contributed by atoms with van der Waals surface area (Å²) >= 11 is 0. The minimum atomic E-state index is -0.270. The highest BCUT2D eigenvalue weighted by Crippen LogP contribution is 2.21. The number of hydrogen-bond acceptors (Lipinski definition) is 3. The monoisotopic (exact) mass is 284 g/mol. The molecule has 108 valence electrons. The number of nitrogens with one attached hydrogen (secondary N) is 1. The maximum absolute atomic E-state index is 13.3. The van der Waals surface area contributed by atoms with Gasteiger partial charge in [0.05, 0.1) is 11.6 Å². The maximum atomic E-state index is 13.3. The molecule has 0 unspecified atom stereocenters. The van der Waals surface area contributed by atoms with Gasteiger partial charge >= 0.3 is 0 Å². The van der Waals surface area contributed by atoms with Gasteiger partial charge in [0, 0.05) is 12.1 Å². The van der Waals surface area contributed by atoms with Crippen molar-refractivity contribution in [1.82, 2.24) is 5.32 Å². The van der Waals surface area contributed by atoms with E-state index < -0.39 is 0 Å². The van der Waals surface area contributed by atoms with Crippen LogP contribution in [0.15, 0.2) is 42.5 Å². The average molecular weight is 284 g/mol. The number of halogens is 1. The summed E-state index contributed by atoms with van der Waals surface area (Å²) in [5.74, 6) is 0.398. The van der Waals surface area contributed by atoms with Gasteiger partial charge in [-0.25, -0.2) is 4.39 Å². The molecule has 0 aliphatic rings. The Labute approximate surface area is 124 Å². The minimum Gasteiger partial charge on any atom is -0.489 e. The molecule has 2 aromatic carbocycles. The third-order valence-corrected chi connectivity index (χ3v) is 3.07. The zero-order valence-corrected chi connectivity index (χ0v) is 11.9. The Kier molecular flexibility index (Phi) is 5.30. The molecule has 0 fully saturated rings. The maximum Gasteiger partial charge on any atom is 0.124 e. The molecular formula is C17H17FN2O. The van der Waals surface area contributed by atoms with E-state index in [0.717, 1.165) is 17.7 Å². The van der Waals surface area contributed by atoms with E-state index in [4.69, 9.17) is 10.00 Å². The van der Waals surface area contributed by atoms with E-state index in [1.807, 2.05) is 19.1 Å². The summed E-state index contributed by atoms with van der Waals surface area (Å²) in [7, 11) is 0. The van der Waals surface area contributed by atoms with Crippen LogP contribution < -0.4 is 10.1 Å². The zero-order valence-electron chi connectivity index (χ0n) is 11.9. The summed E-state index contributed by atoms with van der Waals surface area (Å²) in [5, 5.41) is 11.9. The Morgan fingerprint density at radius 3 is 2.62 bits per heavy atom. The van der Waals surface area contributed by atoms with Crippen LogP contribution in [0.25, 0.3) is 0 Å². The van der Waals surface area contributed by atoms with Gasteiger partial charge in [-0.2, -0.15) is 5.26 Å². The van der Waals surface area contributed by atoms with E-state index in [1.54, 1.807) is 18.2 Å². The average Bonchev–Trinajstić information content (AvgIpc) is 2.52. The molecule has 0 atom stereocenters. The van der Waals surface area contributed by atoms with Crippen molar-refractivity contribution in [3.8, 4) is 11.8 Å². The standard InChI is InChI=1S/C17H17FN2O/c1-2-20-11-15-9-16(18)7-8-17(15)21-12-14-5-3-13(10-19)4-6-14/h3-9,20H,2,11-12H2,1H3. The molecule has 0 saturated carbocycles. The molecule has 0 aromatic heterocycles. The highest BCUT2D eigenvalue weighted by molar-refractivity contribution is 5.35. The van der Waals surface area contributed by atoms with Crippen LogP contribution in [0.4, 0.5) is 4.39 Å². The second-order valence-electron chi connectivity index (χ2n) is 4.63. The largest absolute Gasteiger partial charge is 0.489 e. The first-order valence-electron chi connectivity index (χ1n) is 6.84. The van der Waals surface area contributed by atoms with E-state index in [2.05, 4.69) is 11.4 Å². The molecule has 0 saturated heterocycles. The van der Waals surface area contributed by atoms with E-state index in [9.17, 15) is 4.39 Å². The van der Waals surface area contributed by atoms with Crippen LogP contribution in [-0.2, 0) is 13.2 Å². The highest BCUT2D eigenvalue weighted by Gasteiger charge is 2.06. The fourth-order valence-corrected chi connectivity index (χ4v) is 1.92. The second kappa shape index (κ2) is 7.41. The van der Waals surface area contributed by atoms with Gasteiger partial charge in [0.2, 0.25) is 0 Å². The molecule has 0 aliphatic heterocycles. The lowest BCUT2D eigenvalue weighted by Crippen LogP contribution is -2.13. The van der Waals surface area contributed by atoms with Crippen LogP contribution in [0, 0.1) is 17.1 Å². The number of benzene rings is 2. The lowest BCUT2D eigenvalue weighted by atomic mass is 10.1. The highest BCUT2D eigenvalue weighted by atomic mass is 19.1. The molecule has 3 nitrogen and oxygen atoms in total. The van der Waals surface area contributed by atoms with E-state index >= 15 is 0 Å². The second-order valence-corrected chi connectivity index (χ2v) is 4.63. The Morgan fingerprint density at radius 2 is 1.95 bits per heavy atom. The van der Waals surface area contributed by atoms with Gasteiger partial charge in [-0.1, -0.05) is 19.1 Å². The van der Waals surface area contributed by atoms with E-state index in [-0.39, 0.29) is 5.82 Å². The number of nitriles is 1. The lowest BCUT2D eigenvalue weighted by molar-refractivity contribution is 0.301. The predicted molar refractivity (Wildman–Crippen MR) is 79.3 cm³/mol. The Balaban J connectivity index is 2.06. The third-order valence-electron chi connectivity index (χ3n) is 3.07. The zero-order chi connectivity index (χ0) is 15.1. The van der Waals surface area contributed by atoms with Gasteiger partial charge in [0.25, 0.3) is 0 Å². The molecule has 0 radical (unpaired) electrons. The first-order chi connectivity index (χ1) is 10.2. The fraction of sp³-hybridized carbons (Fsp3) is 0.235. The minimum absolute atomic E-state index is 0.270. The lowest BCUT2D eigenvalue weighted by Gasteiger charge is -2.12. The Bertz CT molecular complexity index is 632. The van der Waals surface area contributed by atoms with Gasteiger partial charge in [-0.3, -0.25) is 0 Å². The Hall–Kier alpha value is -2.38. The van der Waals surface area contributed by atoms with Crippen LogP contribution in [0.3, 0.4) is 0 Å². The quantitative estimate of drug-likeness (QED) is 0.884. The summed E-state index contributed by atoms with van der Waals surface area (Å²) in [4.78, 5) is 0. The smallest absolute Gasteiger partial charge is 0.124 e. The third kappa shape index (κ3) is 4.30. The van der Waals surface area contributed by atoms with E-state index in [0.29, 0.717) is 24.5 Å². The van der Waals surface area contributed by atoms with Gasteiger partial charge in [-0.05, 0) is 42.4 Å². The van der Waals surface area contributed by atoms with Crippen LogP contribution in [0.5, 0.6) is 5.75 Å². The van der Waals surface area contributed by atoms with Crippen molar-refractivity contribution >= 4 is 0 Å². The number of hydrogen-bond donors (Lipinski definition) is 1. The van der Waals surface area contributed by atoms with Gasteiger partial charge < -0.3 is 10.1 Å². The van der Waals surface area contributed by atoms with Crippen molar-refractivity contribution in [1.29, 1.82) is 5.26 Å². The SMILES string of the molecule is CCNCc1cc(F)ccc1OCc1ccc(C#N)cc1.